The van der Waals surface area contributed by atoms with Crippen molar-refractivity contribution in [2.75, 3.05) is 44.2 Å². The van der Waals surface area contributed by atoms with Crippen LogP contribution in [0.5, 0.6) is 0 Å². The Bertz CT molecular complexity index is 568. The average molecular weight is 396 g/mol. The summed E-state index contributed by atoms with van der Waals surface area (Å²) < 4.78 is 23.9. The minimum Gasteiger partial charge on any atom is -0.341 e. The molecule has 0 saturated carbocycles. The van der Waals surface area contributed by atoms with Crippen LogP contribution in [0.3, 0.4) is 0 Å². The summed E-state index contributed by atoms with van der Waals surface area (Å²) in [4.78, 5) is 28.0. The van der Waals surface area contributed by atoms with Crippen molar-refractivity contribution in [2.45, 2.75) is 39.2 Å². The number of carbonyl (C=O) groups is 2. The second-order valence-electron chi connectivity index (χ2n) is 7.16. The lowest BCUT2D eigenvalue weighted by atomic mass is 10.0. The molecule has 1 N–H and O–H groups in total. The minimum absolute atomic E-state index is 0. The van der Waals surface area contributed by atoms with Crippen LogP contribution in [-0.2, 0) is 19.4 Å². The molecule has 2 aliphatic rings. The predicted octanol–water partition coefficient (Wildman–Crippen LogP) is 0.292. The maximum Gasteiger partial charge on any atom is 0.236 e. The molecular formula is C16H30ClN3O4S. The van der Waals surface area contributed by atoms with E-state index in [0.29, 0.717) is 26.2 Å². The third-order valence-corrected chi connectivity index (χ3v) is 6.53. The summed E-state index contributed by atoms with van der Waals surface area (Å²) in [5.41, 5.74) is 0. The topological polar surface area (TPSA) is 86.8 Å². The third kappa shape index (κ3) is 6.75. The Hall–Kier alpha value is -0.860. The van der Waals surface area contributed by atoms with Crippen molar-refractivity contribution >= 4 is 34.1 Å². The number of hydrogen-bond donors (Lipinski definition) is 1. The van der Waals surface area contributed by atoms with E-state index >= 15 is 0 Å². The third-order valence-electron chi connectivity index (χ3n) is 4.53. The minimum atomic E-state index is -3.18. The maximum absolute atomic E-state index is 12.4. The van der Waals surface area contributed by atoms with Crippen LogP contribution < -0.4 is 5.32 Å². The van der Waals surface area contributed by atoms with Crippen LogP contribution in [0, 0.1) is 5.92 Å². The smallest absolute Gasteiger partial charge is 0.236 e. The molecule has 1 unspecified atom stereocenters. The van der Waals surface area contributed by atoms with Crippen LogP contribution in [0.25, 0.3) is 0 Å². The fourth-order valence-corrected chi connectivity index (χ4v) is 5.10. The van der Waals surface area contributed by atoms with E-state index in [4.69, 9.17) is 0 Å². The molecule has 2 fully saturated rings. The second kappa shape index (κ2) is 9.73. The lowest BCUT2D eigenvalue weighted by molar-refractivity contribution is -0.140. The van der Waals surface area contributed by atoms with Gasteiger partial charge in [-0.15, -0.1) is 12.4 Å². The lowest BCUT2D eigenvalue weighted by Crippen LogP contribution is -2.57. The number of halogens is 1. The van der Waals surface area contributed by atoms with E-state index in [1.165, 1.54) is 0 Å². The lowest BCUT2D eigenvalue weighted by Gasteiger charge is -2.41. The summed E-state index contributed by atoms with van der Waals surface area (Å²) in [5.74, 6) is 0.0773. The number of piperazine rings is 1. The van der Waals surface area contributed by atoms with Gasteiger partial charge in [0.05, 0.1) is 18.1 Å². The number of amides is 2. The van der Waals surface area contributed by atoms with E-state index in [-0.39, 0.29) is 54.1 Å². The summed E-state index contributed by atoms with van der Waals surface area (Å²) in [6.45, 7) is 6.71. The summed E-state index contributed by atoms with van der Waals surface area (Å²) in [7, 11) is -3.18. The van der Waals surface area contributed by atoms with E-state index in [2.05, 4.69) is 5.32 Å². The quantitative estimate of drug-likeness (QED) is 0.698. The summed E-state index contributed by atoms with van der Waals surface area (Å²) in [6.07, 6.45) is 1.80. The number of sulfone groups is 1. The zero-order valence-corrected chi connectivity index (χ0v) is 16.7. The Balaban J connectivity index is 0.00000312. The van der Waals surface area contributed by atoms with Gasteiger partial charge in [0.25, 0.3) is 0 Å². The molecule has 0 aromatic rings. The molecular weight excluding hydrogens is 366 g/mol. The van der Waals surface area contributed by atoms with Crippen molar-refractivity contribution in [2.24, 2.45) is 5.92 Å². The Kier molecular flexibility index (Phi) is 8.63. The number of hydrogen-bond acceptors (Lipinski definition) is 5. The highest BCUT2D eigenvalue weighted by Gasteiger charge is 2.31. The van der Waals surface area contributed by atoms with Gasteiger partial charge in [-0.1, -0.05) is 13.8 Å². The van der Waals surface area contributed by atoms with Gasteiger partial charge in [0.15, 0.2) is 9.84 Å². The van der Waals surface area contributed by atoms with Gasteiger partial charge in [-0.2, -0.15) is 0 Å². The Morgan fingerprint density at radius 1 is 1.32 bits per heavy atom. The molecule has 0 radical (unpaired) electrons. The first-order valence-corrected chi connectivity index (χ1v) is 10.6. The predicted molar refractivity (Wildman–Crippen MR) is 99.5 cm³/mol. The summed E-state index contributed by atoms with van der Waals surface area (Å²) in [6, 6.07) is 0.0598. The molecule has 2 rings (SSSR count). The van der Waals surface area contributed by atoms with Crippen molar-refractivity contribution < 1.29 is 18.0 Å². The Morgan fingerprint density at radius 3 is 2.68 bits per heavy atom. The van der Waals surface area contributed by atoms with E-state index < -0.39 is 9.84 Å². The van der Waals surface area contributed by atoms with Gasteiger partial charge in [0.1, 0.15) is 0 Å². The Morgan fingerprint density at radius 2 is 2.04 bits per heavy atom. The molecule has 2 aliphatic heterocycles. The van der Waals surface area contributed by atoms with Gasteiger partial charge in [-0.05, 0) is 18.8 Å². The van der Waals surface area contributed by atoms with E-state index in [1.54, 1.807) is 4.90 Å². The highest BCUT2D eigenvalue weighted by atomic mass is 35.5. The average Bonchev–Trinajstić information content (AvgIpc) is 2.52. The number of carbonyl (C=O) groups excluding carboxylic acids is 2. The molecule has 0 aromatic heterocycles. The van der Waals surface area contributed by atoms with Gasteiger partial charge in [0.2, 0.25) is 11.8 Å². The first kappa shape index (κ1) is 22.2. The Labute approximate surface area is 156 Å². The van der Waals surface area contributed by atoms with Crippen molar-refractivity contribution in [3.63, 3.8) is 0 Å². The van der Waals surface area contributed by atoms with Crippen LogP contribution in [0.2, 0.25) is 0 Å². The number of likely N-dealkylation sites (tertiary alicyclic amines) is 1. The molecule has 146 valence electrons. The van der Waals surface area contributed by atoms with Crippen molar-refractivity contribution in [3.8, 4) is 0 Å². The van der Waals surface area contributed by atoms with Crippen molar-refractivity contribution in [1.82, 2.24) is 15.1 Å². The fraction of sp³-hybridized carbons (Fsp3) is 0.875. The largest absolute Gasteiger partial charge is 0.341 e. The zero-order valence-electron chi connectivity index (χ0n) is 15.1. The first-order valence-electron chi connectivity index (χ1n) is 8.77. The molecule has 2 heterocycles. The van der Waals surface area contributed by atoms with E-state index in [1.807, 2.05) is 18.7 Å². The number of rotatable bonds is 6. The van der Waals surface area contributed by atoms with Gasteiger partial charge in [-0.3, -0.25) is 9.59 Å². The van der Waals surface area contributed by atoms with Crippen molar-refractivity contribution in [3.05, 3.63) is 0 Å². The zero-order chi connectivity index (χ0) is 17.7. The highest BCUT2D eigenvalue weighted by Crippen LogP contribution is 2.18. The molecule has 0 aromatic carbocycles. The van der Waals surface area contributed by atoms with Gasteiger partial charge >= 0.3 is 0 Å². The molecule has 1 atom stereocenters. The first-order chi connectivity index (χ1) is 11.3. The van der Waals surface area contributed by atoms with E-state index in [0.717, 1.165) is 19.4 Å². The van der Waals surface area contributed by atoms with Gasteiger partial charge in [0, 0.05) is 38.6 Å². The van der Waals surface area contributed by atoms with Crippen LogP contribution in [-0.4, -0.2) is 80.3 Å². The molecule has 2 amide bonds. The van der Waals surface area contributed by atoms with Crippen LogP contribution >= 0.6 is 12.4 Å². The second-order valence-corrected chi connectivity index (χ2v) is 9.39. The molecule has 9 heteroatoms. The SMILES string of the molecule is CC(C)CS(=O)(=O)CCC(=O)N1CCCC(N2CCNCC2=O)C1.Cl. The molecule has 0 aliphatic carbocycles. The van der Waals surface area contributed by atoms with Gasteiger partial charge in [-0.25, -0.2) is 8.42 Å². The standard InChI is InChI=1S/C16H29N3O4S.ClH/c1-13(2)12-24(22,23)9-5-15(20)18-7-3-4-14(11-18)19-8-6-17-10-16(19)21;/h13-14,17H,3-12H2,1-2H3;1H. The molecule has 25 heavy (non-hydrogen) atoms. The van der Waals surface area contributed by atoms with Crippen molar-refractivity contribution in [1.29, 1.82) is 0 Å². The van der Waals surface area contributed by atoms with E-state index in [9.17, 15) is 18.0 Å². The van der Waals surface area contributed by atoms with Crippen LogP contribution in [0.1, 0.15) is 33.1 Å². The highest BCUT2D eigenvalue weighted by molar-refractivity contribution is 7.91. The molecule has 0 bridgehead atoms. The monoisotopic (exact) mass is 395 g/mol. The summed E-state index contributed by atoms with van der Waals surface area (Å²) >= 11 is 0. The van der Waals surface area contributed by atoms with Gasteiger partial charge < -0.3 is 15.1 Å². The van der Waals surface area contributed by atoms with Crippen LogP contribution in [0.4, 0.5) is 0 Å². The molecule has 0 spiro atoms. The fourth-order valence-electron chi connectivity index (χ4n) is 3.44. The number of piperidine rings is 1. The summed E-state index contributed by atoms with van der Waals surface area (Å²) in [5, 5.41) is 3.05. The molecule has 7 nitrogen and oxygen atoms in total. The van der Waals surface area contributed by atoms with Crippen LogP contribution in [0.15, 0.2) is 0 Å². The normalized spacial score (nSPS) is 22.0. The number of nitrogens with zero attached hydrogens (tertiary/aromatic N) is 2. The number of nitrogens with one attached hydrogen (secondary N) is 1. The molecule has 2 saturated heterocycles. The maximum atomic E-state index is 12.4.